The highest BCUT2D eigenvalue weighted by molar-refractivity contribution is 5.23. The average Bonchev–Trinajstić information content (AvgIpc) is 1.94. The summed E-state index contributed by atoms with van der Waals surface area (Å²) in [5, 5.41) is 0. The lowest BCUT2D eigenvalue weighted by Crippen LogP contribution is -2.11. The zero-order valence-electron chi connectivity index (χ0n) is 5.60. The Balaban J connectivity index is 2.81. The molecule has 0 amide bonds. The molecule has 54 valence electrons. The molecule has 0 aliphatic heterocycles. The normalized spacial score (nSPS) is 9.40. The molecule has 1 aromatic rings. The molecule has 1 N–H and O–H groups in total. The smallest absolute Gasteiger partial charge is 0.182 e. The third-order valence-corrected chi connectivity index (χ3v) is 1.05. The van der Waals surface area contributed by atoms with Crippen molar-refractivity contribution in [1.29, 1.82) is 0 Å². The van der Waals surface area contributed by atoms with Crippen molar-refractivity contribution in [3.8, 4) is 5.75 Å². The van der Waals surface area contributed by atoms with Crippen molar-refractivity contribution in [2.24, 2.45) is 0 Å². The van der Waals surface area contributed by atoms with Crippen molar-refractivity contribution < 1.29 is 9.23 Å². The molecule has 0 saturated carbocycles. The maximum absolute atomic E-state index is 12.6. The molecule has 0 unspecified atom stereocenters. The highest BCUT2D eigenvalue weighted by Crippen LogP contribution is 2.13. The van der Waals surface area contributed by atoms with Gasteiger partial charge in [-0.25, -0.2) is 4.39 Å². The summed E-state index contributed by atoms with van der Waals surface area (Å²) < 4.78 is 12.6. The number of halogens is 1. The van der Waals surface area contributed by atoms with Crippen LogP contribution in [0.3, 0.4) is 0 Å². The van der Waals surface area contributed by atoms with Crippen LogP contribution in [0.1, 0.15) is 0 Å². The van der Waals surface area contributed by atoms with Gasteiger partial charge < -0.3 is 4.84 Å². The van der Waals surface area contributed by atoms with E-state index < -0.39 is 0 Å². The third-order valence-electron chi connectivity index (χ3n) is 1.05. The van der Waals surface area contributed by atoms with Crippen LogP contribution in [0.25, 0.3) is 0 Å². The van der Waals surface area contributed by atoms with Gasteiger partial charge in [-0.15, -0.1) is 0 Å². The van der Waals surface area contributed by atoms with Gasteiger partial charge in [-0.05, 0) is 12.1 Å². The molecule has 0 fully saturated rings. The number of nitrogens with one attached hydrogen (secondary N) is 1. The molecule has 0 atom stereocenters. The molecular formula is C7H8FNO. The Labute approximate surface area is 58.6 Å². The number of hydrogen-bond donors (Lipinski definition) is 1. The zero-order chi connectivity index (χ0) is 7.40. The van der Waals surface area contributed by atoms with Gasteiger partial charge in [0, 0.05) is 7.05 Å². The first-order valence-corrected chi connectivity index (χ1v) is 2.92. The van der Waals surface area contributed by atoms with E-state index in [9.17, 15) is 4.39 Å². The number of rotatable bonds is 2. The summed E-state index contributed by atoms with van der Waals surface area (Å²) in [6.45, 7) is 0. The van der Waals surface area contributed by atoms with Crippen LogP contribution in [0.5, 0.6) is 5.75 Å². The van der Waals surface area contributed by atoms with Crippen LogP contribution in [-0.2, 0) is 0 Å². The SMILES string of the molecule is CNOc1ccccc1F. The van der Waals surface area contributed by atoms with Crippen molar-refractivity contribution in [1.82, 2.24) is 5.48 Å². The molecule has 10 heavy (non-hydrogen) atoms. The molecule has 0 aliphatic rings. The summed E-state index contributed by atoms with van der Waals surface area (Å²) >= 11 is 0. The lowest BCUT2D eigenvalue weighted by molar-refractivity contribution is 0.213. The summed E-state index contributed by atoms with van der Waals surface area (Å²) in [5.41, 5.74) is 2.38. The highest BCUT2D eigenvalue weighted by atomic mass is 19.1. The van der Waals surface area contributed by atoms with E-state index in [-0.39, 0.29) is 11.6 Å². The molecule has 0 aliphatic carbocycles. The van der Waals surface area contributed by atoms with E-state index in [0.717, 1.165) is 0 Å². The van der Waals surface area contributed by atoms with Crippen LogP contribution in [0, 0.1) is 5.82 Å². The summed E-state index contributed by atoms with van der Waals surface area (Å²) in [6, 6.07) is 6.20. The van der Waals surface area contributed by atoms with Crippen LogP contribution in [0.4, 0.5) is 4.39 Å². The molecule has 0 spiro atoms. The van der Waals surface area contributed by atoms with E-state index in [1.165, 1.54) is 6.07 Å². The van der Waals surface area contributed by atoms with Crippen molar-refractivity contribution in [3.63, 3.8) is 0 Å². The Hall–Kier alpha value is -1.09. The van der Waals surface area contributed by atoms with Crippen molar-refractivity contribution in [3.05, 3.63) is 30.1 Å². The molecule has 0 heterocycles. The minimum atomic E-state index is -0.364. The van der Waals surface area contributed by atoms with Gasteiger partial charge in [0.2, 0.25) is 0 Å². The first-order valence-electron chi connectivity index (χ1n) is 2.92. The van der Waals surface area contributed by atoms with Gasteiger partial charge in [-0.2, -0.15) is 5.48 Å². The first kappa shape index (κ1) is 7.02. The van der Waals surface area contributed by atoms with Crippen molar-refractivity contribution >= 4 is 0 Å². The maximum atomic E-state index is 12.6. The van der Waals surface area contributed by atoms with Gasteiger partial charge >= 0.3 is 0 Å². The Morgan fingerprint density at radius 2 is 2.10 bits per heavy atom. The van der Waals surface area contributed by atoms with E-state index in [1.54, 1.807) is 25.2 Å². The fraction of sp³-hybridized carbons (Fsp3) is 0.143. The topological polar surface area (TPSA) is 21.3 Å². The standard InChI is InChI=1S/C7H8FNO/c1-9-10-7-5-3-2-4-6(7)8/h2-5,9H,1H3. The van der Waals surface area contributed by atoms with Gasteiger partial charge in [-0.1, -0.05) is 12.1 Å². The van der Waals surface area contributed by atoms with E-state index in [4.69, 9.17) is 4.84 Å². The van der Waals surface area contributed by atoms with Crippen molar-refractivity contribution in [2.75, 3.05) is 7.05 Å². The fourth-order valence-electron chi connectivity index (χ4n) is 0.637. The summed E-state index contributed by atoms with van der Waals surface area (Å²) in [4.78, 5) is 4.71. The minimum Gasteiger partial charge on any atom is -0.406 e. The molecule has 0 aromatic heterocycles. The highest BCUT2D eigenvalue weighted by Gasteiger charge is 1.98. The lowest BCUT2D eigenvalue weighted by Gasteiger charge is -2.01. The van der Waals surface area contributed by atoms with Crippen LogP contribution in [0.2, 0.25) is 0 Å². The molecule has 1 rings (SSSR count). The predicted octanol–water partition coefficient (Wildman–Crippen LogP) is 1.34. The Morgan fingerprint density at radius 3 is 2.70 bits per heavy atom. The summed E-state index contributed by atoms with van der Waals surface area (Å²) in [5.74, 6) is -0.151. The average molecular weight is 141 g/mol. The Morgan fingerprint density at radius 1 is 1.40 bits per heavy atom. The van der Waals surface area contributed by atoms with E-state index >= 15 is 0 Å². The molecule has 0 bridgehead atoms. The molecule has 2 nitrogen and oxygen atoms in total. The van der Waals surface area contributed by atoms with Gasteiger partial charge in [0.25, 0.3) is 0 Å². The lowest BCUT2D eigenvalue weighted by atomic mass is 10.3. The van der Waals surface area contributed by atoms with Crippen molar-refractivity contribution in [2.45, 2.75) is 0 Å². The minimum absolute atomic E-state index is 0.213. The van der Waals surface area contributed by atoms with E-state index in [0.29, 0.717) is 0 Å². The van der Waals surface area contributed by atoms with Gasteiger partial charge in [0.15, 0.2) is 11.6 Å². The fourth-order valence-corrected chi connectivity index (χ4v) is 0.637. The summed E-state index contributed by atoms with van der Waals surface area (Å²) in [7, 11) is 1.58. The second kappa shape index (κ2) is 3.17. The largest absolute Gasteiger partial charge is 0.406 e. The number of para-hydroxylation sites is 1. The van der Waals surface area contributed by atoms with Crippen LogP contribution >= 0.6 is 0 Å². The molecule has 3 heteroatoms. The quantitative estimate of drug-likeness (QED) is 0.627. The van der Waals surface area contributed by atoms with E-state index in [1.807, 2.05) is 0 Å². The molecule has 0 saturated heterocycles. The van der Waals surface area contributed by atoms with Crippen LogP contribution in [-0.4, -0.2) is 7.05 Å². The van der Waals surface area contributed by atoms with E-state index in [2.05, 4.69) is 5.48 Å². The maximum Gasteiger partial charge on any atom is 0.182 e. The molecule has 1 aromatic carbocycles. The molecule has 0 radical (unpaired) electrons. The van der Waals surface area contributed by atoms with Gasteiger partial charge in [0.05, 0.1) is 0 Å². The first-order chi connectivity index (χ1) is 4.84. The third kappa shape index (κ3) is 1.45. The second-order valence-corrected chi connectivity index (χ2v) is 1.74. The van der Waals surface area contributed by atoms with Crippen LogP contribution in [0.15, 0.2) is 24.3 Å². The Kier molecular flexibility index (Phi) is 2.23. The monoisotopic (exact) mass is 141 g/mol. The Bertz CT molecular complexity index is 215. The molecular weight excluding hydrogens is 133 g/mol. The van der Waals surface area contributed by atoms with Crippen LogP contribution < -0.4 is 10.3 Å². The predicted molar refractivity (Wildman–Crippen MR) is 36.1 cm³/mol. The number of benzene rings is 1. The number of hydroxylamine groups is 1. The zero-order valence-corrected chi connectivity index (χ0v) is 5.60. The number of hydrogen-bond acceptors (Lipinski definition) is 2. The van der Waals surface area contributed by atoms with Gasteiger partial charge in [0.1, 0.15) is 0 Å². The van der Waals surface area contributed by atoms with Gasteiger partial charge in [-0.3, -0.25) is 0 Å². The second-order valence-electron chi connectivity index (χ2n) is 1.74. The summed E-state index contributed by atoms with van der Waals surface area (Å²) in [6.07, 6.45) is 0.